The maximum atomic E-state index is 12.0. The third-order valence-electron chi connectivity index (χ3n) is 3.64. The van der Waals surface area contributed by atoms with Gasteiger partial charge >= 0.3 is 5.69 Å². The lowest BCUT2D eigenvalue weighted by Crippen LogP contribution is -2.50. The molecule has 2 saturated heterocycles. The Morgan fingerprint density at radius 3 is 3.11 bits per heavy atom. The summed E-state index contributed by atoms with van der Waals surface area (Å²) in [6, 6.07) is 4.02. The lowest BCUT2D eigenvalue weighted by molar-refractivity contribution is 0.0908. The number of aromatic nitrogens is 3. The maximum Gasteiger partial charge on any atom is 0.368 e. The lowest BCUT2D eigenvalue weighted by atomic mass is 10.2. The average molecular weight is 244 g/mol. The van der Waals surface area contributed by atoms with E-state index in [1.54, 1.807) is 17.1 Å². The standard InChI is InChI=1S/C12H12N4O2/c17-12-14-5-8-2-1-3-13-11(8)16(12)15-6-10-4-9(15)7-18-10/h1-3,5,9-10H,4,6-7H2/t9-,10-/m1/s1. The second-order valence-corrected chi connectivity index (χ2v) is 4.74. The van der Waals surface area contributed by atoms with Gasteiger partial charge in [0.15, 0.2) is 5.65 Å². The van der Waals surface area contributed by atoms with Gasteiger partial charge in [-0.2, -0.15) is 9.66 Å². The van der Waals surface area contributed by atoms with Gasteiger partial charge in [-0.15, -0.1) is 0 Å². The number of ether oxygens (including phenoxy) is 1. The van der Waals surface area contributed by atoms with E-state index in [-0.39, 0.29) is 17.8 Å². The minimum Gasteiger partial charge on any atom is -0.374 e. The Balaban J connectivity index is 1.94. The number of pyridine rings is 1. The number of fused-ring (bicyclic) bond motifs is 3. The van der Waals surface area contributed by atoms with E-state index < -0.39 is 0 Å². The topological polar surface area (TPSA) is 60.2 Å². The van der Waals surface area contributed by atoms with Crippen molar-refractivity contribution in [2.75, 3.05) is 18.2 Å². The molecular formula is C12H12N4O2. The molecule has 92 valence electrons. The molecule has 2 aliphatic rings. The van der Waals surface area contributed by atoms with Gasteiger partial charge in [0, 0.05) is 17.8 Å². The monoisotopic (exact) mass is 244 g/mol. The Morgan fingerprint density at radius 1 is 1.39 bits per heavy atom. The molecule has 2 aromatic rings. The van der Waals surface area contributed by atoms with Crippen LogP contribution in [-0.2, 0) is 4.74 Å². The fourth-order valence-electron chi connectivity index (χ4n) is 2.81. The van der Waals surface area contributed by atoms with Crippen LogP contribution in [0.2, 0.25) is 0 Å². The fourth-order valence-corrected chi connectivity index (χ4v) is 2.81. The van der Waals surface area contributed by atoms with Crippen LogP contribution in [0.1, 0.15) is 6.42 Å². The summed E-state index contributed by atoms with van der Waals surface area (Å²) >= 11 is 0. The first kappa shape index (κ1) is 10.0. The molecule has 2 fully saturated rings. The summed E-state index contributed by atoms with van der Waals surface area (Å²) in [5.41, 5.74) is 0.402. The van der Waals surface area contributed by atoms with E-state index in [0.717, 1.165) is 18.4 Å². The quantitative estimate of drug-likeness (QED) is 0.701. The van der Waals surface area contributed by atoms with E-state index in [1.165, 1.54) is 0 Å². The summed E-state index contributed by atoms with van der Waals surface area (Å²) in [6.45, 7) is 1.42. The summed E-state index contributed by atoms with van der Waals surface area (Å²) in [7, 11) is 0. The Bertz CT molecular complexity index is 668. The predicted octanol–water partition coefficient (Wildman–Crippen LogP) is -0.0994. The molecule has 2 aromatic heterocycles. The van der Waals surface area contributed by atoms with Crippen molar-refractivity contribution in [3.63, 3.8) is 0 Å². The first-order chi connectivity index (χ1) is 8.83. The zero-order valence-corrected chi connectivity index (χ0v) is 9.69. The fraction of sp³-hybridized carbons (Fsp3) is 0.417. The minimum atomic E-state index is -0.270. The second-order valence-electron chi connectivity index (χ2n) is 4.74. The van der Waals surface area contributed by atoms with Crippen molar-refractivity contribution in [3.8, 4) is 0 Å². The molecule has 6 nitrogen and oxygen atoms in total. The Kier molecular flexibility index (Phi) is 1.96. The highest BCUT2D eigenvalue weighted by molar-refractivity contribution is 5.73. The summed E-state index contributed by atoms with van der Waals surface area (Å²) in [5, 5.41) is 2.92. The van der Waals surface area contributed by atoms with Crippen LogP contribution in [0.3, 0.4) is 0 Å². The average Bonchev–Trinajstić information content (AvgIpc) is 3.01. The molecule has 0 amide bonds. The molecule has 18 heavy (non-hydrogen) atoms. The highest BCUT2D eigenvalue weighted by atomic mass is 16.5. The van der Waals surface area contributed by atoms with Gasteiger partial charge in [-0.25, -0.2) is 9.78 Å². The van der Waals surface area contributed by atoms with Gasteiger partial charge in [-0.3, -0.25) is 5.01 Å². The van der Waals surface area contributed by atoms with E-state index in [4.69, 9.17) is 4.74 Å². The van der Waals surface area contributed by atoms with Crippen molar-refractivity contribution in [2.24, 2.45) is 0 Å². The number of nitrogens with zero attached hydrogens (tertiary/aromatic N) is 4. The molecule has 2 atom stereocenters. The number of morpholine rings is 1. The molecule has 6 heteroatoms. The summed E-state index contributed by atoms with van der Waals surface area (Å²) in [4.78, 5) is 20.3. The van der Waals surface area contributed by atoms with E-state index in [0.29, 0.717) is 12.3 Å². The molecule has 0 aromatic carbocycles. The van der Waals surface area contributed by atoms with Crippen molar-refractivity contribution >= 4 is 11.0 Å². The number of hydrogen-bond donors (Lipinski definition) is 0. The van der Waals surface area contributed by atoms with E-state index in [2.05, 4.69) is 9.97 Å². The van der Waals surface area contributed by atoms with Gasteiger partial charge in [-0.05, 0) is 18.6 Å². The van der Waals surface area contributed by atoms with Gasteiger partial charge in [-0.1, -0.05) is 0 Å². The van der Waals surface area contributed by atoms with Gasteiger partial charge in [0.05, 0.1) is 25.3 Å². The Hall–Kier alpha value is -1.95. The lowest BCUT2D eigenvalue weighted by Gasteiger charge is -2.30. The van der Waals surface area contributed by atoms with Gasteiger partial charge in [0.25, 0.3) is 0 Å². The summed E-state index contributed by atoms with van der Waals surface area (Å²) in [6.07, 6.45) is 4.49. The predicted molar refractivity (Wildman–Crippen MR) is 65.0 cm³/mol. The molecule has 2 bridgehead atoms. The van der Waals surface area contributed by atoms with Crippen LogP contribution in [0.5, 0.6) is 0 Å². The molecule has 0 aliphatic carbocycles. The molecule has 0 unspecified atom stereocenters. The van der Waals surface area contributed by atoms with Crippen molar-refractivity contribution in [1.29, 1.82) is 0 Å². The highest BCUT2D eigenvalue weighted by Gasteiger charge is 2.40. The molecule has 0 radical (unpaired) electrons. The third-order valence-corrected chi connectivity index (χ3v) is 3.64. The van der Waals surface area contributed by atoms with E-state index >= 15 is 0 Å². The van der Waals surface area contributed by atoms with Crippen LogP contribution in [0.25, 0.3) is 11.0 Å². The molecule has 0 N–H and O–H groups in total. The summed E-state index contributed by atoms with van der Waals surface area (Å²) in [5.74, 6) is 0. The summed E-state index contributed by atoms with van der Waals surface area (Å²) < 4.78 is 7.16. The smallest absolute Gasteiger partial charge is 0.368 e. The molecule has 0 saturated carbocycles. The highest BCUT2D eigenvalue weighted by Crippen LogP contribution is 2.26. The number of rotatable bonds is 1. The van der Waals surface area contributed by atoms with E-state index in [1.807, 2.05) is 17.1 Å². The third kappa shape index (κ3) is 1.29. The maximum absolute atomic E-state index is 12.0. The van der Waals surface area contributed by atoms with Gasteiger partial charge in [0.1, 0.15) is 0 Å². The second kappa shape index (κ2) is 3.52. The Labute approximate surface area is 103 Å². The zero-order chi connectivity index (χ0) is 12.1. The van der Waals surface area contributed by atoms with Crippen LogP contribution >= 0.6 is 0 Å². The van der Waals surface area contributed by atoms with E-state index in [9.17, 15) is 4.79 Å². The van der Waals surface area contributed by atoms with Gasteiger partial charge in [0.2, 0.25) is 0 Å². The van der Waals surface area contributed by atoms with Crippen LogP contribution in [-0.4, -0.2) is 39.9 Å². The molecule has 2 aliphatic heterocycles. The van der Waals surface area contributed by atoms with Crippen LogP contribution in [0.15, 0.2) is 29.3 Å². The minimum absolute atomic E-state index is 0.237. The first-order valence-corrected chi connectivity index (χ1v) is 6.04. The Morgan fingerprint density at radius 2 is 2.33 bits per heavy atom. The first-order valence-electron chi connectivity index (χ1n) is 6.04. The molecule has 4 rings (SSSR count). The zero-order valence-electron chi connectivity index (χ0n) is 9.69. The molecule has 4 heterocycles. The SMILES string of the molecule is O=c1ncc2cccnc2n1N1C[C@H]2C[C@@H]1CO2. The van der Waals surface area contributed by atoms with Crippen LogP contribution in [0, 0.1) is 0 Å². The van der Waals surface area contributed by atoms with Crippen molar-refractivity contribution < 1.29 is 4.74 Å². The van der Waals surface area contributed by atoms with Crippen LogP contribution < -0.4 is 10.7 Å². The largest absolute Gasteiger partial charge is 0.374 e. The van der Waals surface area contributed by atoms with Gasteiger partial charge < -0.3 is 4.74 Å². The molecular weight excluding hydrogens is 232 g/mol. The van der Waals surface area contributed by atoms with Crippen LogP contribution in [0.4, 0.5) is 0 Å². The molecule has 0 spiro atoms. The normalized spacial score (nSPS) is 26.1. The van der Waals surface area contributed by atoms with Crippen molar-refractivity contribution in [2.45, 2.75) is 18.6 Å². The van der Waals surface area contributed by atoms with Crippen molar-refractivity contribution in [3.05, 3.63) is 35.0 Å². The number of hydrogen-bond acceptors (Lipinski definition) is 5. The van der Waals surface area contributed by atoms with Crippen molar-refractivity contribution in [1.82, 2.24) is 14.6 Å².